The molecule has 9 nitrogen and oxygen atoms in total. The molecule has 0 aromatic rings. The van der Waals surface area contributed by atoms with Crippen LogP contribution in [-0.4, -0.2) is 59.0 Å². The lowest BCUT2D eigenvalue weighted by atomic mass is 10.0. The normalized spacial score (nSPS) is 14.7. The van der Waals surface area contributed by atoms with Crippen molar-refractivity contribution in [3.63, 3.8) is 0 Å². The van der Waals surface area contributed by atoms with Crippen LogP contribution in [-0.2, 0) is 18.4 Å². The quantitative estimate of drug-likeness (QED) is 0.0233. The van der Waals surface area contributed by atoms with Gasteiger partial charge in [0, 0.05) is 6.54 Å². The molecule has 0 aliphatic carbocycles. The molecule has 0 aromatic heterocycles. The molecule has 4 unspecified atom stereocenters. The zero-order chi connectivity index (χ0) is 39.8. The summed E-state index contributed by atoms with van der Waals surface area (Å²) < 4.78 is 22.1. The molecule has 0 bridgehead atoms. The van der Waals surface area contributed by atoms with Gasteiger partial charge in [0.25, 0.3) is 0 Å². The lowest BCUT2D eigenvalue weighted by Crippen LogP contribution is -2.47. The number of unbranched alkanes of at least 4 members (excludes halogenated alkanes) is 27. The second kappa shape index (κ2) is 40.4. The molecule has 54 heavy (non-hydrogen) atoms. The maximum Gasteiger partial charge on any atom is 0.472 e. The second-order valence-electron chi connectivity index (χ2n) is 15.8. The zero-order valence-electron chi connectivity index (χ0n) is 35.3. The summed E-state index contributed by atoms with van der Waals surface area (Å²) in [5.74, 6) is -0.428. The van der Waals surface area contributed by atoms with E-state index in [-0.39, 0.29) is 26.2 Å². The third-order valence-electron chi connectivity index (χ3n) is 10.4. The molecular weight excluding hydrogens is 699 g/mol. The van der Waals surface area contributed by atoms with Gasteiger partial charge in [0.2, 0.25) is 5.91 Å². The molecule has 1 amide bonds. The van der Waals surface area contributed by atoms with E-state index >= 15 is 0 Å². The summed E-state index contributed by atoms with van der Waals surface area (Å²) in [6, 6.07) is -0.901. The van der Waals surface area contributed by atoms with Gasteiger partial charge in [-0.25, -0.2) is 4.57 Å². The average Bonchev–Trinajstić information content (AvgIpc) is 3.15. The smallest absolute Gasteiger partial charge is 0.393 e. The largest absolute Gasteiger partial charge is 0.472 e. The Bertz CT molecular complexity index is 878. The molecule has 0 rings (SSSR count). The minimum absolute atomic E-state index is 0.0585. The molecule has 6 N–H and O–H groups in total. The molecule has 0 saturated carbocycles. The maximum absolute atomic E-state index is 12.8. The van der Waals surface area contributed by atoms with Crippen molar-refractivity contribution in [1.29, 1.82) is 0 Å². The summed E-state index contributed by atoms with van der Waals surface area (Å²) in [4.78, 5) is 22.8. The van der Waals surface area contributed by atoms with Crippen LogP contribution in [0, 0.1) is 0 Å². The summed E-state index contributed by atoms with van der Waals surface area (Å²) in [6.45, 7) is 4.04. The molecule has 10 heteroatoms. The first kappa shape index (κ1) is 53.2. The van der Waals surface area contributed by atoms with Gasteiger partial charge in [-0.15, -0.1) is 0 Å². The molecule has 4 atom stereocenters. The van der Waals surface area contributed by atoms with E-state index in [2.05, 4.69) is 31.3 Å². The highest BCUT2D eigenvalue weighted by Crippen LogP contribution is 2.43. The summed E-state index contributed by atoms with van der Waals surface area (Å²) >= 11 is 0. The van der Waals surface area contributed by atoms with Gasteiger partial charge in [-0.3, -0.25) is 13.8 Å². The van der Waals surface area contributed by atoms with E-state index in [1.807, 2.05) is 0 Å². The average molecular weight is 789 g/mol. The lowest BCUT2D eigenvalue weighted by molar-refractivity contribution is -0.125. The van der Waals surface area contributed by atoms with E-state index < -0.39 is 32.0 Å². The predicted octanol–water partition coefficient (Wildman–Crippen LogP) is 11.8. The van der Waals surface area contributed by atoms with Crippen LogP contribution in [0.15, 0.2) is 12.2 Å². The van der Waals surface area contributed by atoms with Gasteiger partial charge in [0.15, 0.2) is 0 Å². The number of amides is 1. The maximum atomic E-state index is 12.8. The van der Waals surface area contributed by atoms with Crippen LogP contribution >= 0.6 is 7.82 Å². The van der Waals surface area contributed by atoms with E-state index in [1.54, 1.807) is 0 Å². The molecule has 0 fully saturated rings. The van der Waals surface area contributed by atoms with Gasteiger partial charge < -0.3 is 26.2 Å². The Labute approximate surface area is 333 Å². The summed E-state index contributed by atoms with van der Waals surface area (Å²) in [5.41, 5.74) is 5.37. The van der Waals surface area contributed by atoms with Crippen LogP contribution in [0.4, 0.5) is 0 Å². The van der Waals surface area contributed by atoms with E-state index in [9.17, 15) is 24.5 Å². The molecule has 322 valence electrons. The number of hydrogen-bond donors (Lipinski definition) is 5. The minimum atomic E-state index is -4.38. The Morgan fingerprint density at radius 1 is 0.611 bits per heavy atom. The minimum Gasteiger partial charge on any atom is -0.393 e. The topological polar surface area (TPSA) is 151 Å². The van der Waals surface area contributed by atoms with Gasteiger partial charge in [-0.1, -0.05) is 193 Å². The fourth-order valence-electron chi connectivity index (χ4n) is 6.95. The molecule has 0 radical (unpaired) electrons. The van der Waals surface area contributed by atoms with Crippen molar-refractivity contribution >= 4 is 13.7 Å². The summed E-state index contributed by atoms with van der Waals surface area (Å²) in [7, 11) is -4.38. The van der Waals surface area contributed by atoms with Crippen LogP contribution in [0.1, 0.15) is 226 Å². The van der Waals surface area contributed by atoms with Gasteiger partial charge in [-0.05, 0) is 38.5 Å². The Morgan fingerprint density at radius 2 is 1.02 bits per heavy atom. The number of aliphatic hydroxyl groups excluding tert-OH is 2. The van der Waals surface area contributed by atoms with Crippen LogP contribution in [0.25, 0.3) is 0 Å². The summed E-state index contributed by atoms with van der Waals surface area (Å²) in [5, 5.41) is 24.1. The first-order valence-electron chi connectivity index (χ1n) is 22.9. The highest BCUT2D eigenvalue weighted by Gasteiger charge is 2.28. The monoisotopic (exact) mass is 789 g/mol. The molecule has 0 aliphatic heterocycles. The lowest BCUT2D eigenvalue weighted by Gasteiger charge is -2.25. The van der Waals surface area contributed by atoms with Gasteiger partial charge in [0.05, 0.1) is 37.9 Å². The van der Waals surface area contributed by atoms with Crippen molar-refractivity contribution in [1.82, 2.24) is 5.32 Å². The first-order chi connectivity index (χ1) is 26.3. The molecule has 0 aromatic carbocycles. The van der Waals surface area contributed by atoms with Gasteiger partial charge in [-0.2, -0.15) is 0 Å². The van der Waals surface area contributed by atoms with Crippen molar-refractivity contribution in [2.75, 3.05) is 19.8 Å². The number of carbonyl (C=O) groups is 1. The van der Waals surface area contributed by atoms with Crippen molar-refractivity contribution in [2.24, 2.45) is 5.73 Å². The predicted molar refractivity (Wildman–Crippen MR) is 228 cm³/mol. The number of hydrogen-bond acceptors (Lipinski definition) is 7. The van der Waals surface area contributed by atoms with Crippen LogP contribution < -0.4 is 11.1 Å². The van der Waals surface area contributed by atoms with Gasteiger partial charge >= 0.3 is 7.82 Å². The van der Waals surface area contributed by atoms with Crippen molar-refractivity contribution in [2.45, 2.75) is 244 Å². The number of nitrogens with one attached hydrogen (secondary N) is 1. The van der Waals surface area contributed by atoms with Crippen LogP contribution in [0.3, 0.4) is 0 Å². The third-order valence-corrected chi connectivity index (χ3v) is 11.4. The second-order valence-corrected chi connectivity index (χ2v) is 17.3. The zero-order valence-corrected chi connectivity index (χ0v) is 36.2. The van der Waals surface area contributed by atoms with Crippen molar-refractivity contribution < 1.29 is 33.5 Å². The molecular formula is C44H89N2O7P. The fourth-order valence-corrected chi connectivity index (χ4v) is 7.71. The number of phosphoric acid groups is 1. The first-order valence-corrected chi connectivity index (χ1v) is 24.4. The molecule has 0 aliphatic rings. The SMILES string of the molecule is CCCCCCCC/C=C\CCCC(O)CC(=O)NC(COP(=O)(O)OCCN)C(O)CCCCCCCCCCCCCCCCCCCCCCC. The van der Waals surface area contributed by atoms with Crippen LogP contribution in [0.2, 0.25) is 0 Å². The number of nitrogens with two attached hydrogens (primary N) is 1. The number of rotatable bonds is 43. The Morgan fingerprint density at radius 3 is 1.46 bits per heavy atom. The highest BCUT2D eigenvalue weighted by atomic mass is 31.2. The van der Waals surface area contributed by atoms with Gasteiger partial charge in [0.1, 0.15) is 0 Å². The van der Waals surface area contributed by atoms with Crippen LogP contribution in [0.5, 0.6) is 0 Å². The fraction of sp³-hybridized carbons (Fsp3) is 0.932. The standard InChI is InChI=1S/C44H89N2O7P/c1-3-5-7-9-11-13-15-16-17-18-19-20-21-22-23-24-26-28-30-32-34-36-43(48)42(40-53-54(50,51)52-38-37-45)46-44(49)39-41(47)35-33-31-29-27-25-14-12-10-8-6-4-2/h27,29,41-43,47-48H,3-26,28,30-40,45H2,1-2H3,(H,46,49)(H,50,51)/b29-27-. The number of aliphatic hydroxyl groups is 2. The Kier molecular flexibility index (Phi) is 39.8. The molecule has 0 spiro atoms. The number of carbonyl (C=O) groups excluding carboxylic acids is 1. The molecule has 0 heterocycles. The number of allylic oxidation sites excluding steroid dienone is 2. The summed E-state index contributed by atoms with van der Waals surface area (Å²) in [6.07, 6.45) is 41.2. The highest BCUT2D eigenvalue weighted by molar-refractivity contribution is 7.47. The van der Waals surface area contributed by atoms with E-state index in [0.29, 0.717) is 12.8 Å². The number of phosphoric ester groups is 1. The third kappa shape index (κ3) is 38.1. The van der Waals surface area contributed by atoms with Crippen molar-refractivity contribution in [3.8, 4) is 0 Å². The Balaban J connectivity index is 4.19. The Hall–Kier alpha value is -0.800. The van der Waals surface area contributed by atoms with E-state index in [0.717, 1.165) is 38.5 Å². The molecule has 0 saturated heterocycles. The van der Waals surface area contributed by atoms with Crippen molar-refractivity contribution in [3.05, 3.63) is 12.2 Å². The van der Waals surface area contributed by atoms with E-state index in [4.69, 9.17) is 14.8 Å². The van der Waals surface area contributed by atoms with E-state index in [1.165, 1.54) is 154 Å².